The molecular formula is C17H27N3O5. The monoisotopic (exact) mass is 353 g/mol. The molecule has 0 spiro atoms. The van der Waals surface area contributed by atoms with Crippen LogP contribution < -0.4 is 10.9 Å². The number of amides is 3. The van der Waals surface area contributed by atoms with Crippen molar-refractivity contribution in [2.24, 2.45) is 17.8 Å². The molecule has 0 aromatic heterocycles. The van der Waals surface area contributed by atoms with Crippen molar-refractivity contribution < 1.29 is 23.9 Å². The first-order chi connectivity index (χ1) is 11.8. The van der Waals surface area contributed by atoms with Gasteiger partial charge in [0.05, 0.1) is 5.92 Å². The predicted octanol–water partition coefficient (Wildman–Crippen LogP) is 0.370. The highest BCUT2D eigenvalue weighted by atomic mass is 16.5. The topological polar surface area (TPSA) is 105 Å². The van der Waals surface area contributed by atoms with Crippen molar-refractivity contribution in [2.75, 3.05) is 13.2 Å². The summed E-state index contributed by atoms with van der Waals surface area (Å²) in [6.45, 7) is 5.49. The number of ether oxygens (including phenoxy) is 1. The lowest BCUT2D eigenvalue weighted by Crippen LogP contribution is -2.45. The number of hydrogen-bond donors (Lipinski definition) is 2. The van der Waals surface area contributed by atoms with Crippen LogP contribution in [-0.2, 0) is 23.9 Å². The quantitative estimate of drug-likeness (QED) is 0.561. The Morgan fingerprint density at radius 1 is 1.20 bits per heavy atom. The van der Waals surface area contributed by atoms with E-state index in [0.717, 1.165) is 12.8 Å². The summed E-state index contributed by atoms with van der Waals surface area (Å²) >= 11 is 0. The molecule has 1 aliphatic heterocycles. The van der Waals surface area contributed by atoms with Gasteiger partial charge in [0.15, 0.2) is 6.61 Å². The standard InChI is InChI=1S/C17H27N3O5/c1-10-5-4-6-14(11(10)2)20-8-13(7-16(20)23)17(24)25-9-15(22)19-18-12(3)21/h10-11,13-14H,4-9H2,1-3H3,(H,18,21)(H,19,22)/t10-,11-,13-,14-/m1/s1. The van der Waals surface area contributed by atoms with Gasteiger partial charge in [0.25, 0.3) is 5.91 Å². The van der Waals surface area contributed by atoms with Gasteiger partial charge >= 0.3 is 5.97 Å². The van der Waals surface area contributed by atoms with Gasteiger partial charge in [0.2, 0.25) is 11.8 Å². The largest absolute Gasteiger partial charge is 0.455 e. The molecule has 8 heteroatoms. The average molecular weight is 353 g/mol. The van der Waals surface area contributed by atoms with E-state index in [2.05, 4.69) is 24.7 Å². The van der Waals surface area contributed by atoms with Crippen molar-refractivity contribution in [1.82, 2.24) is 15.8 Å². The Balaban J connectivity index is 1.83. The molecule has 1 saturated heterocycles. The van der Waals surface area contributed by atoms with Crippen LogP contribution in [0.1, 0.15) is 46.5 Å². The van der Waals surface area contributed by atoms with Gasteiger partial charge in [0, 0.05) is 25.9 Å². The Kier molecular flexibility index (Phi) is 6.39. The molecule has 0 aromatic carbocycles. The number of carbonyl (C=O) groups is 4. The fourth-order valence-corrected chi connectivity index (χ4v) is 3.65. The first-order valence-corrected chi connectivity index (χ1v) is 8.81. The molecule has 140 valence electrons. The zero-order chi connectivity index (χ0) is 18.6. The first kappa shape index (κ1) is 19.2. The Labute approximate surface area is 147 Å². The number of esters is 1. The van der Waals surface area contributed by atoms with E-state index in [1.165, 1.54) is 13.3 Å². The van der Waals surface area contributed by atoms with Crippen molar-refractivity contribution in [2.45, 2.75) is 52.5 Å². The number of hydrazine groups is 1. The lowest BCUT2D eigenvalue weighted by molar-refractivity contribution is -0.152. The first-order valence-electron chi connectivity index (χ1n) is 8.81. The minimum Gasteiger partial charge on any atom is -0.455 e. The van der Waals surface area contributed by atoms with Crippen LogP contribution in [0.3, 0.4) is 0 Å². The normalized spacial score (nSPS) is 29.2. The number of likely N-dealkylation sites (tertiary alicyclic amines) is 1. The molecule has 3 amide bonds. The molecule has 1 heterocycles. The maximum absolute atomic E-state index is 12.3. The van der Waals surface area contributed by atoms with Gasteiger partial charge < -0.3 is 9.64 Å². The van der Waals surface area contributed by atoms with Crippen LogP contribution in [0.4, 0.5) is 0 Å². The summed E-state index contributed by atoms with van der Waals surface area (Å²) < 4.78 is 4.97. The van der Waals surface area contributed by atoms with Crippen LogP contribution in [0.25, 0.3) is 0 Å². The second kappa shape index (κ2) is 8.31. The van der Waals surface area contributed by atoms with Crippen LogP contribution in [0.5, 0.6) is 0 Å². The molecule has 1 aliphatic carbocycles. The molecule has 25 heavy (non-hydrogen) atoms. The second-order valence-corrected chi connectivity index (χ2v) is 7.12. The van der Waals surface area contributed by atoms with Crippen LogP contribution in [0, 0.1) is 17.8 Å². The number of carbonyl (C=O) groups excluding carboxylic acids is 4. The Morgan fingerprint density at radius 3 is 2.60 bits per heavy atom. The van der Waals surface area contributed by atoms with Crippen molar-refractivity contribution in [3.05, 3.63) is 0 Å². The third kappa shape index (κ3) is 4.93. The van der Waals surface area contributed by atoms with Crippen molar-refractivity contribution in [1.29, 1.82) is 0 Å². The fraction of sp³-hybridized carbons (Fsp3) is 0.765. The summed E-state index contributed by atoms with van der Waals surface area (Å²) in [5.74, 6) is -1.18. The maximum Gasteiger partial charge on any atom is 0.311 e. The SMILES string of the molecule is CC(=O)NNC(=O)COC(=O)[C@@H]1CC(=O)N([C@@H]2CCC[C@@H](C)[C@H]2C)C1. The van der Waals surface area contributed by atoms with Gasteiger partial charge in [-0.25, -0.2) is 0 Å². The molecule has 8 nitrogen and oxygen atoms in total. The third-order valence-electron chi connectivity index (χ3n) is 5.28. The molecule has 0 unspecified atom stereocenters. The molecule has 4 atom stereocenters. The zero-order valence-electron chi connectivity index (χ0n) is 15.0. The minimum absolute atomic E-state index is 0.0180. The summed E-state index contributed by atoms with van der Waals surface area (Å²) in [4.78, 5) is 48.4. The Morgan fingerprint density at radius 2 is 1.92 bits per heavy atom. The van der Waals surface area contributed by atoms with Crippen LogP contribution in [0.2, 0.25) is 0 Å². The van der Waals surface area contributed by atoms with Gasteiger partial charge in [0.1, 0.15) is 0 Å². The van der Waals surface area contributed by atoms with E-state index in [1.807, 2.05) is 4.90 Å². The van der Waals surface area contributed by atoms with Gasteiger partial charge in [-0.3, -0.25) is 30.0 Å². The van der Waals surface area contributed by atoms with Crippen LogP contribution in [0.15, 0.2) is 0 Å². The van der Waals surface area contributed by atoms with Gasteiger partial charge in [-0.2, -0.15) is 0 Å². The predicted molar refractivity (Wildman–Crippen MR) is 88.7 cm³/mol. The molecule has 2 aliphatic rings. The molecule has 2 fully saturated rings. The van der Waals surface area contributed by atoms with Gasteiger partial charge in [-0.15, -0.1) is 0 Å². The van der Waals surface area contributed by atoms with E-state index in [-0.39, 0.29) is 18.4 Å². The van der Waals surface area contributed by atoms with E-state index in [0.29, 0.717) is 18.4 Å². The lowest BCUT2D eigenvalue weighted by atomic mass is 9.77. The second-order valence-electron chi connectivity index (χ2n) is 7.12. The van der Waals surface area contributed by atoms with Crippen molar-refractivity contribution in [3.8, 4) is 0 Å². The maximum atomic E-state index is 12.3. The summed E-state index contributed by atoms with van der Waals surface area (Å²) in [7, 11) is 0. The number of hydrogen-bond acceptors (Lipinski definition) is 5. The van der Waals surface area contributed by atoms with E-state index < -0.39 is 30.3 Å². The van der Waals surface area contributed by atoms with Gasteiger partial charge in [-0.05, 0) is 18.3 Å². The molecule has 2 N–H and O–H groups in total. The van der Waals surface area contributed by atoms with Crippen LogP contribution >= 0.6 is 0 Å². The summed E-state index contributed by atoms with van der Waals surface area (Å²) in [6.07, 6.45) is 3.37. The van der Waals surface area contributed by atoms with E-state index in [4.69, 9.17) is 4.74 Å². The smallest absolute Gasteiger partial charge is 0.311 e. The highest BCUT2D eigenvalue weighted by Gasteiger charge is 2.42. The molecule has 2 rings (SSSR count). The molecule has 0 bridgehead atoms. The van der Waals surface area contributed by atoms with Crippen molar-refractivity contribution in [3.63, 3.8) is 0 Å². The summed E-state index contributed by atoms with van der Waals surface area (Å²) in [6, 6.07) is 0.178. The summed E-state index contributed by atoms with van der Waals surface area (Å²) in [5, 5.41) is 0. The number of rotatable bonds is 4. The zero-order valence-corrected chi connectivity index (χ0v) is 15.0. The molecular weight excluding hydrogens is 326 g/mol. The van der Waals surface area contributed by atoms with Gasteiger partial charge in [-0.1, -0.05) is 26.7 Å². The average Bonchev–Trinajstić information content (AvgIpc) is 2.95. The fourth-order valence-electron chi connectivity index (χ4n) is 3.65. The van der Waals surface area contributed by atoms with Crippen molar-refractivity contribution >= 4 is 23.7 Å². The highest BCUT2D eigenvalue weighted by molar-refractivity contribution is 5.88. The highest BCUT2D eigenvalue weighted by Crippen LogP contribution is 2.35. The van der Waals surface area contributed by atoms with E-state index >= 15 is 0 Å². The summed E-state index contributed by atoms with van der Waals surface area (Å²) in [5.41, 5.74) is 4.23. The Hall–Kier alpha value is -2.12. The molecule has 0 radical (unpaired) electrons. The van der Waals surface area contributed by atoms with E-state index in [1.54, 1.807) is 0 Å². The molecule has 0 aromatic rings. The minimum atomic E-state index is -0.626. The molecule has 1 saturated carbocycles. The van der Waals surface area contributed by atoms with Crippen LogP contribution in [-0.4, -0.2) is 47.8 Å². The Bertz CT molecular complexity index is 550. The lowest BCUT2D eigenvalue weighted by Gasteiger charge is -2.39. The van der Waals surface area contributed by atoms with E-state index in [9.17, 15) is 19.2 Å². The number of nitrogens with one attached hydrogen (secondary N) is 2. The third-order valence-corrected chi connectivity index (χ3v) is 5.28. The number of nitrogens with zero attached hydrogens (tertiary/aromatic N) is 1.